The first-order valence-electron chi connectivity index (χ1n) is 8.37. The van der Waals surface area contributed by atoms with Crippen LogP contribution in [0.15, 0.2) is 29.3 Å². The fraction of sp³-hybridized carbons (Fsp3) is 0.611. The minimum Gasteiger partial charge on any atom is -0.487 e. The molecular weight excluding hydrogens is 417 g/mol. The van der Waals surface area contributed by atoms with E-state index >= 15 is 0 Å². The highest BCUT2D eigenvalue weighted by Gasteiger charge is 2.33. The van der Waals surface area contributed by atoms with Crippen molar-refractivity contribution in [3.05, 3.63) is 29.8 Å². The Morgan fingerprint density at radius 1 is 1.38 bits per heavy atom. The molecule has 1 aliphatic rings. The summed E-state index contributed by atoms with van der Waals surface area (Å²) >= 11 is 0. The molecule has 0 saturated carbocycles. The van der Waals surface area contributed by atoms with E-state index < -0.39 is 0 Å². The van der Waals surface area contributed by atoms with E-state index in [0.717, 1.165) is 44.2 Å². The Labute approximate surface area is 162 Å². The maximum absolute atomic E-state index is 6.09. The molecule has 1 atom stereocenters. The molecule has 5 nitrogen and oxygen atoms in total. The van der Waals surface area contributed by atoms with Crippen LogP contribution < -0.4 is 15.4 Å². The average Bonchev–Trinajstić information content (AvgIpc) is 2.50. The summed E-state index contributed by atoms with van der Waals surface area (Å²) < 4.78 is 11.2. The maximum Gasteiger partial charge on any atom is 0.191 e. The van der Waals surface area contributed by atoms with Crippen LogP contribution in [-0.4, -0.2) is 38.4 Å². The lowest BCUT2D eigenvalue weighted by Crippen LogP contribution is -2.45. The lowest BCUT2D eigenvalue weighted by Gasteiger charge is -2.38. The number of guanidine groups is 1. The van der Waals surface area contributed by atoms with Gasteiger partial charge in [-0.15, -0.1) is 24.0 Å². The van der Waals surface area contributed by atoms with Crippen molar-refractivity contribution in [2.45, 2.75) is 45.3 Å². The van der Waals surface area contributed by atoms with Gasteiger partial charge in [0, 0.05) is 38.8 Å². The Morgan fingerprint density at radius 2 is 2.12 bits per heavy atom. The number of benzene rings is 1. The van der Waals surface area contributed by atoms with E-state index in [4.69, 9.17) is 9.47 Å². The molecule has 2 rings (SSSR count). The van der Waals surface area contributed by atoms with Crippen LogP contribution in [0.5, 0.6) is 5.75 Å². The number of aliphatic imine (C=N–C) groups is 1. The van der Waals surface area contributed by atoms with Gasteiger partial charge in [-0.3, -0.25) is 4.99 Å². The van der Waals surface area contributed by atoms with Crippen LogP contribution in [-0.2, 0) is 4.74 Å². The normalized spacial score (nSPS) is 18.8. The number of para-hydroxylation sites is 1. The molecule has 0 saturated heterocycles. The Balaban J connectivity index is 0.00000288. The zero-order valence-corrected chi connectivity index (χ0v) is 17.4. The third-order valence-electron chi connectivity index (χ3n) is 3.81. The van der Waals surface area contributed by atoms with Crippen LogP contribution in [0.25, 0.3) is 0 Å². The average molecular weight is 447 g/mol. The fourth-order valence-corrected chi connectivity index (χ4v) is 2.82. The number of rotatable bonds is 6. The Bertz CT molecular complexity index is 535. The first kappa shape index (κ1) is 21.0. The lowest BCUT2D eigenvalue weighted by molar-refractivity contribution is 0.0694. The number of ether oxygens (including phenoxy) is 2. The molecule has 6 heteroatoms. The van der Waals surface area contributed by atoms with Crippen molar-refractivity contribution < 1.29 is 9.47 Å². The van der Waals surface area contributed by atoms with Gasteiger partial charge in [-0.2, -0.15) is 0 Å². The summed E-state index contributed by atoms with van der Waals surface area (Å²) in [7, 11) is 1.72. The first-order chi connectivity index (χ1) is 11.1. The van der Waals surface area contributed by atoms with E-state index in [1.807, 2.05) is 12.1 Å². The molecule has 0 fully saturated rings. The van der Waals surface area contributed by atoms with Crippen molar-refractivity contribution in [2.24, 2.45) is 4.99 Å². The van der Waals surface area contributed by atoms with Gasteiger partial charge in [0.15, 0.2) is 5.96 Å². The fourth-order valence-electron chi connectivity index (χ4n) is 2.82. The standard InChI is InChI=1S/C18H29N3O2.HI/c1-5-19-17(20-11-8-12-22-4)21-15-13-18(2,3)23-16-10-7-6-9-14(15)16;/h6-7,9-10,15H,5,8,11-13H2,1-4H3,(H2,19,20,21);1H. The molecule has 1 aromatic rings. The van der Waals surface area contributed by atoms with E-state index in [-0.39, 0.29) is 35.6 Å². The third-order valence-corrected chi connectivity index (χ3v) is 3.81. The monoisotopic (exact) mass is 447 g/mol. The summed E-state index contributed by atoms with van der Waals surface area (Å²) in [6, 6.07) is 8.42. The van der Waals surface area contributed by atoms with Gasteiger partial charge in [-0.25, -0.2) is 0 Å². The summed E-state index contributed by atoms with van der Waals surface area (Å²) in [6.07, 6.45) is 1.81. The zero-order valence-electron chi connectivity index (χ0n) is 15.1. The smallest absolute Gasteiger partial charge is 0.191 e. The molecule has 0 amide bonds. The molecule has 0 radical (unpaired) electrons. The summed E-state index contributed by atoms with van der Waals surface area (Å²) in [5.74, 6) is 1.80. The summed E-state index contributed by atoms with van der Waals surface area (Å²) in [6.45, 7) is 8.65. The van der Waals surface area contributed by atoms with Crippen LogP contribution >= 0.6 is 24.0 Å². The molecule has 2 N–H and O–H groups in total. The number of nitrogens with one attached hydrogen (secondary N) is 2. The van der Waals surface area contributed by atoms with E-state index in [1.165, 1.54) is 5.56 Å². The van der Waals surface area contributed by atoms with Crippen molar-refractivity contribution in [2.75, 3.05) is 26.8 Å². The molecule has 0 aliphatic carbocycles. The Hall–Kier alpha value is -1.02. The van der Waals surface area contributed by atoms with Crippen molar-refractivity contribution in [3.63, 3.8) is 0 Å². The lowest BCUT2D eigenvalue weighted by atomic mass is 9.90. The summed E-state index contributed by atoms with van der Waals surface area (Å²) in [5, 5.41) is 6.89. The van der Waals surface area contributed by atoms with Crippen molar-refractivity contribution in [1.82, 2.24) is 10.6 Å². The first-order valence-corrected chi connectivity index (χ1v) is 8.37. The predicted molar refractivity (Wildman–Crippen MR) is 110 cm³/mol. The van der Waals surface area contributed by atoms with Crippen LogP contribution in [0, 0.1) is 0 Å². The second-order valence-corrected chi connectivity index (χ2v) is 6.41. The second kappa shape index (κ2) is 10.1. The minimum atomic E-state index is -0.195. The van der Waals surface area contributed by atoms with Crippen molar-refractivity contribution >= 4 is 29.9 Å². The molecule has 1 heterocycles. The van der Waals surface area contributed by atoms with E-state index in [0.29, 0.717) is 0 Å². The highest BCUT2D eigenvalue weighted by atomic mass is 127. The number of hydrogen-bond donors (Lipinski definition) is 2. The molecule has 1 aliphatic heterocycles. The molecule has 0 spiro atoms. The SMILES string of the molecule is CCNC(=NCCCOC)NC1CC(C)(C)Oc2ccccc21.I. The molecule has 0 aromatic heterocycles. The minimum absolute atomic E-state index is 0. The number of nitrogens with zero attached hydrogens (tertiary/aromatic N) is 1. The number of methoxy groups -OCH3 is 1. The van der Waals surface area contributed by atoms with Crippen LogP contribution in [0.3, 0.4) is 0 Å². The summed E-state index contributed by atoms with van der Waals surface area (Å²) in [4.78, 5) is 4.64. The van der Waals surface area contributed by atoms with Gasteiger partial charge in [0.05, 0.1) is 6.04 Å². The van der Waals surface area contributed by atoms with Gasteiger partial charge in [0.2, 0.25) is 0 Å². The van der Waals surface area contributed by atoms with Crippen molar-refractivity contribution in [3.8, 4) is 5.75 Å². The number of fused-ring (bicyclic) bond motifs is 1. The molecule has 1 unspecified atom stereocenters. The topological polar surface area (TPSA) is 54.9 Å². The highest BCUT2D eigenvalue weighted by molar-refractivity contribution is 14.0. The Morgan fingerprint density at radius 3 is 2.83 bits per heavy atom. The van der Waals surface area contributed by atoms with Gasteiger partial charge < -0.3 is 20.1 Å². The number of halogens is 1. The van der Waals surface area contributed by atoms with Crippen LogP contribution in [0.4, 0.5) is 0 Å². The van der Waals surface area contributed by atoms with Crippen molar-refractivity contribution in [1.29, 1.82) is 0 Å². The third kappa shape index (κ3) is 6.12. The van der Waals surface area contributed by atoms with Gasteiger partial charge >= 0.3 is 0 Å². The molecular formula is C18H30IN3O2. The molecule has 24 heavy (non-hydrogen) atoms. The van der Waals surface area contributed by atoms with Gasteiger partial charge in [0.1, 0.15) is 11.4 Å². The molecule has 136 valence electrons. The van der Waals surface area contributed by atoms with E-state index in [1.54, 1.807) is 7.11 Å². The Kier molecular flexibility index (Phi) is 8.83. The largest absolute Gasteiger partial charge is 0.487 e. The molecule has 1 aromatic carbocycles. The predicted octanol–water partition coefficient (Wildman–Crippen LogP) is 3.50. The zero-order chi connectivity index (χ0) is 16.7. The van der Waals surface area contributed by atoms with Gasteiger partial charge in [-0.05, 0) is 33.3 Å². The van der Waals surface area contributed by atoms with E-state index in [9.17, 15) is 0 Å². The van der Waals surface area contributed by atoms with Crippen LogP contribution in [0.1, 0.15) is 45.2 Å². The number of hydrogen-bond acceptors (Lipinski definition) is 3. The summed E-state index contributed by atoms with van der Waals surface area (Å²) in [5.41, 5.74) is 0.994. The van der Waals surface area contributed by atoms with Gasteiger partial charge in [-0.1, -0.05) is 18.2 Å². The molecule has 0 bridgehead atoms. The highest BCUT2D eigenvalue weighted by Crippen LogP contribution is 2.39. The maximum atomic E-state index is 6.09. The second-order valence-electron chi connectivity index (χ2n) is 6.41. The van der Waals surface area contributed by atoms with E-state index in [2.05, 4.69) is 48.5 Å². The quantitative estimate of drug-likeness (QED) is 0.304. The van der Waals surface area contributed by atoms with Gasteiger partial charge in [0.25, 0.3) is 0 Å². The van der Waals surface area contributed by atoms with Crippen LogP contribution in [0.2, 0.25) is 0 Å².